The van der Waals surface area contributed by atoms with Gasteiger partial charge >= 0.3 is 0 Å². The van der Waals surface area contributed by atoms with E-state index in [2.05, 4.69) is 40.2 Å². The number of nitrogens with one attached hydrogen (secondary N) is 1. The number of rotatable bonds is 7. The summed E-state index contributed by atoms with van der Waals surface area (Å²) in [7, 11) is 0. The van der Waals surface area contributed by atoms with Crippen molar-refractivity contribution in [2.45, 2.75) is 26.7 Å². The van der Waals surface area contributed by atoms with E-state index in [9.17, 15) is 0 Å². The molecule has 0 aliphatic carbocycles. The third kappa shape index (κ3) is 4.41. The van der Waals surface area contributed by atoms with Gasteiger partial charge in [0.05, 0.1) is 6.61 Å². The van der Waals surface area contributed by atoms with Crippen molar-refractivity contribution in [1.29, 1.82) is 0 Å². The topological polar surface area (TPSA) is 59.9 Å². The minimum atomic E-state index is 0.379. The molecule has 2 heterocycles. The fourth-order valence-electron chi connectivity index (χ4n) is 2.21. The van der Waals surface area contributed by atoms with Crippen LogP contribution in [-0.2, 0) is 0 Å². The van der Waals surface area contributed by atoms with Crippen molar-refractivity contribution in [3.8, 4) is 5.88 Å². The molecule has 21 heavy (non-hydrogen) atoms. The van der Waals surface area contributed by atoms with Gasteiger partial charge in [-0.25, -0.2) is 9.97 Å². The molecule has 0 aliphatic rings. The number of hydrogen-bond donors (Lipinski definition) is 1. The van der Waals surface area contributed by atoms with Crippen LogP contribution in [0.4, 0.5) is 5.82 Å². The van der Waals surface area contributed by atoms with Crippen LogP contribution >= 0.6 is 0 Å². The molecule has 0 aromatic carbocycles. The molecule has 5 heteroatoms. The quantitative estimate of drug-likeness (QED) is 0.847. The molecule has 1 unspecified atom stereocenters. The number of nitrogens with zero attached hydrogens (tertiary/aromatic N) is 3. The van der Waals surface area contributed by atoms with Crippen LogP contribution < -0.4 is 10.1 Å². The van der Waals surface area contributed by atoms with Crippen molar-refractivity contribution in [3.63, 3.8) is 0 Å². The molecule has 1 N–H and O–H groups in total. The van der Waals surface area contributed by atoms with Gasteiger partial charge in [0.2, 0.25) is 5.88 Å². The predicted octanol–water partition coefficient (Wildman–Crippen LogP) is 3.12. The van der Waals surface area contributed by atoms with Crippen LogP contribution in [0.25, 0.3) is 0 Å². The Hall–Kier alpha value is -2.17. The van der Waals surface area contributed by atoms with Gasteiger partial charge in [-0.3, -0.25) is 4.98 Å². The minimum Gasteiger partial charge on any atom is -0.478 e. The summed E-state index contributed by atoms with van der Waals surface area (Å²) in [5, 5.41) is 3.36. The van der Waals surface area contributed by atoms with Gasteiger partial charge in [-0.1, -0.05) is 19.9 Å². The highest BCUT2D eigenvalue weighted by molar-refractivity contribution is 5.37. The highest BCUT2D eigenvalue weighted by Gasteiger charge is 2.16. The lowest BCUT2D eigenvalue weighted by Gasteiger charge is -2.21. The molecule has 2 aromatic heterocycles. The largest absolute Gasteiger partial charge is 0.478 e. The normalized spacial score (nSPS) is 12.2. The van der Waals surface area contributed by atoms with Gasteiger partial charge in [0, 0.05) is 30.9 Å². The van der Waals surface area contributed by atoms with Crippen LogP contribution in [0.5, 0.6) is 5.88 Å². The third-order valence-electron chi connectivity index (χ3n) is 3.35. The van der Waals surface area contributed by atoms with Gasteiger partial charge in [-0.2, -0.15) is 0 Å². The monoisotopic (exact) mass is 286 g/mol. The van der Waals surface area contributed by atoms with Crippen molar-refractivity contribution in [3.05, 3.63) is 42.5 Å². The smallest absolute Gasteiger partial charge is 0.218 e. The van der Waals surface area contributed by atoms with Gasteiger partial charge in [-0.15, -0.1) is 0 Å². The van der Waals surface area contributed by atoms with E-state index < -0.39 is 0 Å². The molecule has 112 valence electrons. The maximum atomic E-state index is 5.38. The second kappa shape index (κ2) is 7.57. The Balaban J connectivity index is 2.04. The van der Waals surface area contributed by atoms with E-state index in [1.54, 1.807) is 6.20 Å². The molecule has 0 fully saturated rings. The maximum absolute atomic E-state index is 5.38. The molecule has 0 amide bonds. The van der Waals surface area contributed by atoms with E-state index in [1.165, 1.54) is 11.9 Å². The molecule has 0 saturated carbocycles. The number of hydrogen-bond acceptors (Lipinski definition) is 5. The Kier molecular flexibility index (Phi) is 5.49. The van der Waals surface area contributed by atoms with Gasteiger partial charge in [0.15, 0.2) is 0 Å². The van der Waals surface area contributed by atoms with E-state index >= 15 is 0 Å². The molecule has 5 nitrogen and oxygen atoms in total. The van der Waals surface area contributed by atoms with Crippen molar-refractivity contribution in [2.75, 3.05) is 18.5 Å². The van der Waals surface area contributed by atoms with Gasteiger partial charge < -0.3 is 10.1 Å². The summed E-state index contributed by atoms with van der Waals surface area (Å²) >= 11 is 0. The average Bonchev–Trinajstić information content (AvgIpc) is 2.49. The van der Waals surface area contributed by atoms with E-state index in [-0.39, 0.29) is 0 Å². The van der Waals surface area contributed by atoms with Crippen LogP contribution in [-0.4, -0.2) is 28.1 Å². The first-order valence-corrected chi connectivity index (χ1v) is 7.29. The number of ether oxygens (including phenoxy) is 1. The second-order valence-corrected chi connectivity index (χ2v) is 5.19. The lowest BCUT2D eigenvalue weighted by atomic mass is 9.89. The van der Waals surface area contributed by atoms with E-state index in [0.717, 1.165) is 12.4 Å². The molecule has 2 aromatic rings. The zero-order valence-corrected chi connectivity index (χ0v) is 12.8. The first-order valence-electron chi connectivity index (χ1n) is 7.29. The number of anilines is 1. The Morgan fingerprint density at radius 2 is 2.14 bits per heavy atom. The molecular weight excluding hydrogens is 264 g/mol. The molecule has 1 atom stereocenters. The summed E-state index contributed by atoms with van der Waals surface area (Å²) in [4.78, 5) is 12.5. The zero-order valence-electron chi connectivity index (χ0n) is 12.8. The van der Waals surface area contributed by atoms with E-state index in [4.69, 9.17) is 4.74 Å². The predicted molar refractivity (Wildman–Crippen MR) is 83.5 cm³/mol. The SMILES string of the molecule is CCOc1cc(NCC(c2cccnc2)C(C)C)ncn1. The van der Waals surface area contributed by atoms with Gasteiger partial charge in [0.25, 0.3) is 0 Å². The molecule has 0 aliphatic heterocycles. The molecule has 0 spiro atoms. The summed E-state index contributed by atoms with van der Waals surface area (Å²) in [5.41, 5.74) is 1.24. The fourth-order valence-corrected chi connectivity index (χ4v) is 2.21. The highest BCUT2D eigenvalue weighted by atomic mass is 16.5. The Labute approximate surface area is 125 Å². The van der Waals surface area contributed by atoms with Gasteiger partial charge in [0.1, 0.15) is 12.1 Å². The Morgan fingerprint density at radius 1 is 1.29 bits per heavy atom. The summed E-state index contributed by atoms with van der Waals surface area (Å²) in [5.74, 6) is 2.26. The summed E-state index contributed by atoms with van der Waals surface area (Å²) < 4.78 is 5.38. The third-order valence-corrected chi connectivity index (χ3v) is 3.35. The van der Waals surface area contributed by atoms with Gasteiger partial charge in [-0.05, 0) is 24.5 Å². The molecule has 2 rings (SSSR count). The minimum absolute atomic E-state index is 0.379. The lowest BCUT2D eigenvalue weighted by molar-refractivity contribution is 0.326. The van der Waals surface area contributed by atoms with E-state index in [0.29, 0.717) is 24.3 Å². The standard InChI is InChI=1S/C16H22N4O/c1-4-21-16-8-15(19-11-20-16)18-10-14(12(2)3)13-6-5-7-17-9-13/h5-9,11-12,14H,4,10H2,1-3H3,(H,18,19,20). The fraction of sp³-hybridized carbons (Fsp3) is 0.438. The lowest BCUT2D eigenvalue weighted by Crippen LogP contribution is -2.18. The zero-order chi connectivity index (χ0) is 15.1. The molecule has 0 bridgehead atoms. The summed E-state index contributed by atoms with van der Waals surface area (Å²) in [6, 6.07) is 5.91. The average molecular weight is 286 g/mol. The van der Waals surface area contributed by atoms with Crippen LogP contribution in [0.15, 0.2) is 36.9 Å². The molecule has 0 radical (unpaired) electrons. The van der Waals surface area contributed by atoms with Crippen LogP contribution in [0, 0.1) is 5.92 Å². The Morgan fingerprint density at radius 3 is 2.81 bits per heavy atom. The molecule has 0 saturated heterocycles. The van der Waals surface area contributed by atoms with Crippen LogP contribution in [0.2, 0.25) is 0 Å². The summed E-state index contributed by atoms with van der Waals surface area (Å²) in [6.07, 6.45) is 5.24. The van der Waals surface area contributed by atoms with Crippen molar-refractivity contribution in [1.82, 2.24) is 15.0 Å². The van der Waals surface area contributed by atoms with Crippen molar-refractivity contribution < 1.29 is 4.74 Å². The first kappa shape index (κ1) is 15.2. The maximum Gasteiger partial charge on any atom is 0.218 e. The second-order valence-electron chi connectivity index (χ2n) is 5.19. The summed E-state index contributed by atoms with van der Waals surface area (Å²) in [6.45, 7) is 7.76. The van der Waals surface area contributed by atoms with E-state index in [1.807, 2.05) is 25.3 Å². The highest BCUT2D eigenvalue weighted by Crippen LogP contribution is 2.24. The Bertz CT molecular complexity index is 545. The van der Waals surface area contributed by atoms with Crippen molar-refractivity contribution >= 4 is 5.82 Å². The van der Waals surface area contributed by atoms with Crippen LogP contribution in [0.3, 0.4) is 0 Å². The first-order chi connectivity index (χ1) is 10.2. The van der Waals surface area contributed by atoms with Crippen molar-refractivity contribution in [2.24, 2.45) is 5.92 Å². The van der Waals surface area contributed by atoms with Crippen LogP contribution in [0.1, 0.15) is 32.3 Å². The number of pyridine rings is 1. The molecular formula is C16H22N4O. The number of aromatic nitrogens is 3.